The van der Waals surface area contributed by atoms with Crippen molar-refractivity contribution in [2.45, 2.75) is 6.10 Å². The average molecular weight is 321 g/mol. The fourth-order valence-electron chi connectivity index (χ4n) is 2.84. The lowest BCUT2D eigenvalue weighted by Gasteiger charge is -2.35. The molecule has 1 atom stereocenters. The van der Waals surface area contributed by atoms with E-state index in [2.05, 4.69) is 41.1 Å². The second-order valence-electron chi connectivity index (χ2n) is 6.14. The van der Waals surface area contributed by atoms with Crippen molar-refractivity contribution >= 4 is 11.7 Å². The Morgan fingerprint density at radius 1 is 1.35 bits per heavy atom. The Kier molecular flexibility index (Phi) is 6.83. The van der Waals surface area contributed by atoms with Crippen LogP contribution in [0.5, 0.6) is 0 Å². The molecule has 0 bridgehead atoms. The van der Waals surface area contributed by atoms with Crippen molar-refractivity contribution in [3.63, 3.8) is 0 Å². The summed E-state index contributed by atoms with van der Waals surface area (Å²) in [6.45, 7) is 5.14. The highest BCUT2D eigenvalue weighted by molar-refractivity contribution is 5.69. The van der Waals surface area contributed by atoms with Gasteiger partial charge >= 0.3 is 5.97 Å². The summed E-state index contributed by atoms with van der Waals surface area (Å²) in [4.78, 5) is 17.2. The van der Waals surface area contributed by atoms with Gasteiger partial charge in [0.25, 0.3) is 0 Å². The molecular formula is C17H27N3O3. The van der Waals surface area contributed by atoms with Gasteiger partial charge in [-0.1, -0.05) is 18.2 Å². The molecule has 1 heterocycles. The van der Waals surface area contributed by atoms with Crippen LogP contribution in [-0.2, 0) is 9.53 Å². The molecule has 1 aliphatic rings. The van der Waals surface area contributed by atoms with Crippen LogP contribution in [-0.4, -0.2) is 87.0 Å². The van der Waals surface area contributed by atoms with Crippen LogP contribution in [0, 0.1) is 0 Å². The largest absolute Gasteiger partial charge is 0.480 e. The molecule has 0 spiro atoms. The summed E-state index contributed by atoms with van der Waals surface area (Å²) in [5.74, 6) is -0.801. The highest BCUT2D eigenvalue weighted by Crippen LogP contribution is 2.12. The van der Waals surface area contributed by atoms with Crippen LogP contribution in [0.3, 0.4) is 0 Å². The van der Waals surface area contributed by atoms with Crippen LogP contribution in [0.4, 0.5) is 5.69 Å². The molecule has 23 heavy (non-hydrogen) atoms. The first-order chi connectivity index (χ1) is 11.0. The van der Waals surface area contributed by atoms with Gasteiger partial charge in [-0.05, 0) is 19.2 Å². The van der Waals surface area contributed by atoms with Crippen LogP contribution in [0.15, 0.2) is 30.3 Å². The van der Waals surface area contributed by atoms with E-state index < -0.39 is 5.97 Å². The van der Waals surface area contributed by atoms with Crippen molar-refractivity contribution in [2.24, 2.45) is 0 Å². The summed E-state index contributed by atoms with van der Waals surface area (Å²) in [5.41, 5.74) is 1.22. The monoisotopic (exact) mass is 321 g/mol. The lowest BCUT2D eigenvalue weighted by Crippen LogP contribution is -2.49. The number of nitrogens with zero attached hydrogens (tertiary/aromatic N) is 3. The quantitative estimate of drug-likeness (QED) is 0.766. The molecule has 1 aliphatic heterocycles. The molecule has 0 saturated carbocycles. The van der Waals surface area contributed by atoms with E-state index in [1.165, 1.54) is 5.69 Å². The van der Waals surface area contributed by atoms with Gasteiger partial charge < -0.3 is 14.7 Å². The molecule has 6 nitrogen and oxygen atoms in total. The molecule has 1 saturated heterocycles. The van der Waals surface area contributed by atoms with Crippen molar-refractivity contribution in [3.05, 3.63) is 30.3 Å². The molecule has 0 amide bonds. The first kappa shape index (κ1) is 17.7. The van der Waals surface area contributed by atoms with Crippen LogP contribution in [0.25, 0.3) is 0 Å². The molecule has 1 unspecified atom stereocenters. The molecule has 2 rings (SSSR count). The number of morpholine rings is 1. The Morgan fingerprint density at radius 2 is 2.09 bits per heavy atom. The third-order valence-corrected chi connectivity index (χ3v) is 4.09. The van der Waals surface area contributed by atoms with E-state index >= 15 is 0 Å². The van der Waals surface area contributed by atoms with E-state index in [4.69, 9.17) is 9.84 Å². The van der Waals surface area contributed by atoms with E-state index in [9.17, 15) is 4.79 Å². The minimum absolute atomic E-state index is 0.0522. The first-order valence-corrected chi connectivity index (χ1v) is 8.05. The molecular weight excluding hydrogens is 294 g/mol. The van der Waals surface area contributed by atoms with Gasteiger partial charge in [0.05, 0.1) is 19.3 Å². The van der Waals surface area contributed by atoms with Gasteiger partial charge in [0, 0.05) is 45.5 Å². The number of rotatable bonds is 8. The van der Waals surface area contributed by atoms with E-state index in [-0.39, 0.29) is 12.6 Å². The van der Waals surface area contributed by atoms with Crippen molar-refractivity contribution < 1.29 is 14.6 Å². The molecule has 0 aromatic heterocycles. The number of carboxylic acids is 1. The summed E-state index contributed by atoms with van der Waals surface area (Å²) < 4.78 is 5.76. The zero-order chi connectivity index (χ0) is 16.7. The van der Waals surface area contributed by atoms with Crippen LogP contribution in [0.2, 0.25) is 0 Å². The Hall–Kier alpha value is -1.63. The van der Waals surface area contributed by atoms with Gasteiger partial charge in [-0.2, -0.15) is 0 Å². The number of likely N-dealkylation sites (N-methyl/N-ethyl adjacent to an activating group) is 2. The average Bonchev–Trinajstić information content (AvgIpc) is 2.53. The maximum Gasteiger partial charge on any atom is 0.317 e. The van der Waals surface area contributed by atoms with Crippen molar-refractivity contribution in [1.82, 2.24) is 9.80 Å². The normalized spacial score (nSPS) is 19.0. The Labute approximate surface area is 138 Å². The van der Waals surface area contributed by atoms with Gasteiger partial charge in [-0.3, -0.25) is 14.6 Å². The number of carbonyl (C=O) groups is 1. The third-order valence-electron chi connectivity index (χ3n) is 4.09. The van der Waals surface area contributed by atoms with Crippen molar-refractivity contribution in [1.29, 1.82) is 0 Å². The fraction of sp³-hybridized carbons (Fsp3) is 0.588. The second-order valence-corrected chi connectivity index (χ2v) is 6.14. The molecule has 1 aromatic rings. The molecule has 0 aliphatic carbocycles. The number of anilines is 1. The minimum atomic E-state index is -0.801. The molecule has 128 valence electrons. The highest BCUT2D eigenvalue weighted by atomic mass is 16.5. The smallest absolute Gasteiger partial charge is 0.317 e. The molecule has 1 N–H and O–H groups in total. The number of hydrogen-bond donors (Lipinski definition) is 1. The number of aliphatic carboxylic acids is 1. The SMILES string of the molecule is CN(CC(=O)O)CC1CN(CCN(C)c2ccccc2)CCO1. The zero-order valence-electron chi connectivity index (χ0n) is 14.0. The maximum absolute atomic E-state index is 10.7. The fourth-order valence-corrected chi connectivity index (χ4v) is 2.84. The van der Waals surface area contributed by atoms with E-state index in [0.717, 1.165) is 26.2 Å². The third kappa shape index (κ3) is 6.17. The van der Waals surface area contributed by atoms with Gasteiger partial charge in [-0.15, -0.1) is 0 Å². The number of benzene rings is 1. The van der Waals surface area contributed by atoms with Crippen molar-refractivity contribution in [2.75, 3.05) is 64.9 Å². The lowest BCUT2D eigenvalue weighted by molar-refractivity contribution is -0.138. The Balaban J connectivity index is 1.74. The lowest BCUT2D eigenvalue weighted by atomic mass is 10.2. The summed E-state index contributed by atoms with van der Waals surface area (Å²) in [6.07, 6.45) is 0.0788. The standard InChI is InChI=1S/C17H27N3O3/c1-18(14-17(21)22)12-16-13-20(10-11-23-16)9-8-19(2)15-6-4-3-5-7-15/h3-7,16H,8-14H2,1-2H3,(H,21,22). The van der Waals surface area contributed by atoms with Gasteiger partial charge in [0.2, 0.25) is 0 Å². The van der Waals surface area contributed by atoms with Gasteiger partial charge in [0.15, 0.2) is 0 Å². The number of hydrogen-bond acceptors (Lipinski definition) is 5. The highest BCUT2D eigenvalue weighted by Gasteiger charge is 2.22. The topological polar surface area (TPSA) is 56.3 Å². The Morgan fingerprint density at radius 3 is 2.78 bits per heavy atom. The summed E-state index contributed by atoms with van der Waals surface area (Å²) in [6, 6.07) is 10.4. The first-order valence-electron chi connectivity index (χ1n) is 8.05. The number of ether oxygens (including phenoxy) is 1. The van der Waals surface area contributed by atoms with E-state index in [0.29, 0.717) is 13.2 Å². The maximum atomic E-state index is 10.7. The Bertz CT molecular complexity index is 483. The predicted octanol–water partition coefficient (Wildman–Crippen LogP) is 0.840. The van der Waals surface area contributed by atoms with Gasteiger partial charge in [-0.25, -0.2) is 0 Å². The van der Waals surface area contributed by atoms with Gasteiger partial charge in [0.1, 0.15) is 0 Å². The molecule has 0 radical (unpaired) electrons. The molecule has 6 heteroatoms. The molecule has 1 fully saturated rings. The summed E-state index contributed by atoms with van der Waals surface area (Å²) in [7, 11) is 3.92. The van der Waals surface area contributed by atoms with E-state index in [1.807, 2.05) is 13.1 Å². The summed E-state index contributed by atoms with van der Waals surface area (Å²) in [5, 5.41) is 8.82. The predicted molar refractivity (Wildman–Crippen MR) is 91.0 cm³/mol. The van der Waals surface area contributed by atoms with Crippen LogP contribution >= 0.6 is 0 Å². The summed E-state index contributed by atoms with van der Waals surface area (Å²) >= 11 is 0. The van der Waals surface area contributed by atoms with Crippen molar-refractivity contribution in [3.8, 4) is 0 Å². The van der Waals surface area contributed by atoms with E-state index in [1.54, 1.807) is 4.90 Å². The zero-order valence-corrected chi connectivity index (χ0v) is 14.0. The molecule has 1 aromatic carbocycles. The van der Waals surface area contributed by atoms with Crippen LogP contribution in [0.1, 0.15) is 0 Å². The number of para-hydroxylation sites is 1. The second kappa shape index (κ2) is 8.86. The minimum Gasteiger partial charge on any atom is -0.480 e. The van der Waals surface area contributed by atoms with Crippen LogP contribution < -0.4 is 4.90 Å². The number of carboxylic acid groups (broad SMARTS) is 1.